The van der Waals surface area contributed by atoms with Crippen LogP contribution in [0.5, 0.6) is 0 Å². The van der Waals surface area contributed by atoms with Gasteiger partial charge in [-0.25, -0.2) is 0 Å². The summed E-state index contributed by atoms with van der Waals surface area (Å²) >= 11 is 0. The molecular weight excluding hydrogens is 252 g/mol. The van der Waals surface area contributed by atoms with Crippen LogP contribution in [-0.4, -0.2) is 48.7 Å². The number of methoxy groups -OCH3 is 1. The molecule has 4 heteroatoms. The van der Waals surface area contributed by atoms with Crippen molar-refractivity contribution in [1.82, 2.24) is 10.2 Å². The van der Waals surface area contributed by atoms with Crippen LogP contribution in [0.4, 0.5) is 0 Å². The number of nitrogens with one attached hydrogen (secondary N) is 1. The third kappa shape index (κ3) is 2.48. The molecule has 20 heavy (non-hydrogen) atoms. The van der Waals surface area contributed by atoms with E-state index in [2.05, 4.69) is 17.3 Å². The minimum absolute atomic E-state index is 0.0342. The molecule has 1 aliphatic carbocycles. The normalized spacial score (nSPS) is 38.9. The number of piperidine rings is 1. The van der Waals surface area contributed by atoms with Crippen LogP contribution < -0.4 is 5.32 Å². The van der Waals surface area contributed by atoms with Crippen molar-refractivity contribution in [2.24, 2.45) is 0 Å². The van der Waals surface area contributed by atoms with Crippen molar-refractivity contribution in [1.29, 1.82) is 0 Å². The molecule has 2 bridgehead atoms. The van der Waals surface area contributed by atoms with Crippen LogP contribution in [0.3, 0.4) is 0 Å². The molecule has 1 N–H and O–H groups in total. The Labute approximate surface area is 122 Å². The van der Waals surface area contributed by atoms with Crippen molar-refractivity contribution in [3.63, 3.8) is 0 Å². The Bertz CT molecular complexity index is 351. The molecule has 0 spiro atoms. The van der Waals surface area contributed by atoms with E-state index in [1.165, 1.54) is 52.1 Å². The summed E-state index contributed by atoms with van der Waals surface area (Å²) < 4.78 is 5.17. The zero-order valence-electron chi connectivity index (χ0n) is 12.9. The van der Waals surface area contributed by atoms with E-state index in [0.29, 0.717) is 18.1 Å². The molecule has 1 saturated carbocycles. The molecule has 2 aliphatic heterocycles. The summed E-state index contributed by atoms with van der Waals surface area (Å²) in [7, 11) is 3.75. The first-order valence-electron chi connectivity index (χ1n) is 8.23. The predicted molar refractivity (Wildman–Crippen MR) is 78.6 cm³/mol. The zero-order chi connectivity index (χ0) is 14.2. The second kappa shape index (κ2) is 5.64. The third-order valence-electron chi connectivity index (χ3n) is 5.81. The number of fused-ring (bicyclic) bond motifs is 2. The highest BCUT2D eigenvalue weighted by Gasteiger charge is 2.52. The van der Waals surface area contributed by atoms with Gasteiger partial charge < -0.3 is 9.64 Å². The van der Waals surface area contributed by atoms with Gasteiger partial charge in [0, 0.05) is 18.1 Å². The molecule has 2 unspecified atom stereocenters. The maximum absolute atomic E-state index is 12.5. The fourth-order valence-corrected chi connectivity index (χ4v) is 4.65. The monoisotopic (exact) mass is 280 g/mol. The number of ether oxygens (including phenoxy) is 1. The summed E-state index contributed by atoms with van der Waals surface area (Å²) in [6.07, 6.45) is 10.7. The van der Waals surface area contributed by atoms with Crippen LogP contribution in [0.15, 0.2) is 0 Å². The van der Waals surface area contributed by atoms with Crippen molar-refractivity contribution in [3.8, 4) is 0 Å². The van der Waals surface area contributed by atoms with Gasteiger partial charge in [-0.2, -0.15) is 0 Å². The molecule has 3 fully saturated rings. The standard InChI is InChI=1S/C16H28N2O2/c1-18-13-8-9-14(18)11-16(10-13,15(19)20-2)17-12-6-4-3-5-7-12/h12-14,17H,3-11H2,1-2H3. The highest BCUT2D eigenvalue weighted by atomic mass is 16.5. The molecule has 2 heterocycles. The first kappa shape index (κ1) is 14.3. The number of hydrogen-bond acceptors (Lipinski definition) is 4. The fourth-order valence-electron chi connectivity index (χ4n) is 4.65. The van der Waals surface area contributed by atoms with Crippen molar-refractivity contribution >= 4 is 5.97 Å². The molecule has 0 radical (unpaired) electrons. The van der Waals surface area contributed by atoms with Crippen molar-refractivity contribution in [3.05, 3.63) is 0 Å². The SMILES string of the molecule is COC(=O)C1(NC2CCCCC2)CC2CCC(C1)N2C. The molecule has 2 atom stereocenters. The van der Waals surface area contributed by atoms with Crippen LogP contribution >= 0.6 is 0 Å². The van der Waals surface area contributed by atoms with Gasteiger partial charge in [-0.3, -0.25) is 10.1 Å². The molecule has 0 aromatic rings. The van der Waals surface area contributed by atoms with E-state index in [9.17, 15) is 4.79 Å². The van der Waals surface area contributed by atoms with E-state index < -0.39 is 5.54 Å². The highest BCUT2D eigenvalue weighted by Crippen LogP contribution is 2.41. The summed E-state index contributed by atoms with van der Waals surface area (Å²) in [5, 5.41) is 3.74. The summed E-state index contributed by atoms with van der Waals surface area (Å²) in [5.74, 6) is -0.0342. The number of carbonyl (C=O) groups is 1. The molecule has 3 aliphatic rings. The molecular formula is C16H28N2O2. The van der Waals surface area contributed by atoms with Gasteiger partial charge in [0.25, 0.3) is 0 Å². The molecule has 3 rings (SSSR count). The lowest BCUT2D eigenvalue weighted by Crippen LogP contribution is -2.63. The first-order valence-corrected chi connectivity index (χ1v) is 8.23. The molecule has 2 saturated heterocycles. The summed E-state index contributed by atoms with van der Waals surface area (Å²) in [4.78, 5) is 15.0. The maximum Gasteiger partial charge on any atom is 0.326 e. The second-order valence-electron chi connectivity index (χ2n) is 7.01. The van der Waals surface area contributed by atoms with Crippen LogP contribution in [0, 0.1) is 0 Å². The number of rotatable bonds is 3. The van der Waals surface area contributed by atoms with E-state index in [4.69, 9.17) is 4.74 Å². The van der Waals surface area contributed by atoms with Crippen LogP contribution in [0.2, 0.25) is 0 Å². The number of nitrogens with zero attached hydrogens (tertiary/aromatic N) is 1. The summed E-state index contributed by atoms with van der Waals surface area (Å²) in [5.41, 5.74) is -0.422. The van der Waals surface area contributed by atoms with Gasteiger partial charge in [0.2, 0.25) is 0 Å². The van der Waals surface area contributed by atoms with Gasteiger partial charge in [-0.05, 0) is 45.6 Å². The molecule has 0 amide bonds. The Hall–Kier alpha value is -0.610. The number of esters is 1. The van der Waals surface area contributed by atoms with Gasteiger partial charge in [0.15, 0.2) is 0 Å². The zero-order valence-corrected chi connectivity index (χ0v) is 12.9. The maximum atomic E-state index is 12.5. The molecule has 0 aromatic carbocycles. The van der Waals surface area contributed by atoms with Gasteiger partial charge in [0.1, 0.15) is 5.54 Å². The minimum Gasteiger partial charge on any atom is -0.468 e. The summed E-state index contributed by atoms with van der Waals surface area (Å²) in [6.45, 7) is 0. The third-order valence-corrected chi connectivity index (χ3v) is 5.81. The van der Waals surface area contributed by atoms with Gasteiger partial charge >= 0.3 is 5.97 Å². The Morgan fingerprint density at radius 1 is 1.10 bits per heavy atom. The Balaban J connectivity index is 1.77. The quantitative estimate of drug-likeness (QED) is 0.804. The predicted octanol–water partition coefficient (Wildman–Crippen LogP) is 2.08. The first-order chi connectivity index (χ1) is 9.64. The van der Waals surface area contributed by atoms with Crippen LogP contribution in [0.1, 0.15) is 57.8 Å². The fraction of sp³-hybridized carbons (Fsp3) is 0.938. The number of carbonyl (C=O) groups excluding carboxylic acids is 1. The molecule has 4 nitrogen and oxygen atoms in total. The van der Waals surface area contributed by atoms with Crippen molar-refractivity contribution in [2.45, 2.75) is 81.5 Å². The highest BCUT2D eigenvalue weighted by molar-refractivity contribution is 5.81. The van der Waals surface area contributed by atoms with Gasteiger partial charge in [0.05, 0.1) is 7.11 Å². The van der Waals surface area contributed by atoms with E-state index in [1.54, 1.807) is 0 Å². The average Bonchev–Trinajstić information content (AvgIpc) is 2.70. The van der Waals surface area contributed by atoms with Crippen molar-refractivity contribution < 1.29 is 9.53 Å². The molecule has 114 valence electrons. The Morgan fingerprint density at radius 3 is 2.25 bits per heavy atom. The van der Waals surface area contributed by atoms with Crippen LogP contribution in [0.25, 0.3) is 0 Å². The van der Waals surface area contributed by atoms with E-state index in [-0.39, 0.29) is 5.97 Å². The van der Waals surface area contributed by atoms with Gasteiger partial charge in [-0.15, -0.1) is 0 Å². The lowest BCUT2D eigenvalue weighted by Gasteiger charge is -2.46. The Kier molecular flexibility index (Phi) is 4.04. The van der Waals surface area contributed by atoms with E-state index >= 15 is 0 Å². The lowest BCUT2D eigenvalue weighted by atomic mass is 9.81. The van der Waals surface area contributed by atoms with E-state index in [0.717, 1.165) is 12.8 Å². The smallest absolute Gasteiger partial charge is 0.326 e. The van der Waals surface area contributed by atoms with E-state index in [1.807, 2.05) is 0 Å². The molecule has 0 aromatic heterocycles. The van der Waals surface area contributed by atoms with Crippen LogP contribution in [-0.2, 0) is 9.53 Å². The van der Waals surface area contributed by atoms with Crippen molar-refractivity contribution in [2.75, 3.05) is 14.2 Å². The average molecular weight is 280 g/mol. The summed E-state index contributed by atoms with van der Waals surface area (Å²) in [6, 6.07) is 1.60. The Morgan fingerprint density at radius 2 is 1.70 bits per heavy atom. The topological polar surface area (TPSA) is 41.6 Å². The second-order valence-corrected chi connectivity index (χ2v) is 7.01. The lowest BCUT2D eigenvalue weighted by molar-refractivity contribution is -0.152. The largest absolute Gasteiger partial charge is 0.468 e. The number of hydrogen-bond donors (Lipinski definition) is 1. The minimum atomic E-state index is -0.422. The van der Waals surface area contributed by atoms with Gasteiger partial charge in [-0.1, -0.05) is 19.3 Å².